The van der Waals surface area contributed by atoms with Gasteiger partial charge in [-0.05, 0) is 42.7 Å². The maximum Gasteiger partial charge on any atom is 0.191 e. The van der Waals surface area contributed by atoms with Gasteiger partial charge < -0.3 is 20.1 Å². The number of aromatic nitrogens is 3. The number of hydrogen-bond acceptors (Lipinski definition) is 5. The molecule has 0 radical (unpaired) electrons. The van der Waals surface area contributed by atoms with E-state index in [0.29, 0.717) is 25.6 Å². The third-order valence-electron chi connectivity index (χ3n) is 5.43. The summed E-state index contributed by atoms with van der Waals surface area (Å²) >= 11 is 0. The first kappa shape index (κ1) is 21.8. The van der Waals surface area contributed by atoms with E-state index in [4.69, 9.17) is 9.47 Å². The van der Waals surface area contributed by atoms with Crippen LogP contribution >= 0.6 is 0 Å². The SMILES string of the molecule is CN=C(NCc1ccnc(-n2ccnc2)c1)NCc1ccc(C)cc1OCC1CCOC1. The Hall–Kier alpha value is -3.39. The van der Waals surface area contributed by atoms with Gasteiger partial charge in [-0.3, -0.25) is 9.56 Å². The van der Waals surface area contributed by atoms with E-state index in [-0.39, 0.29) is 0 Å². The van der Waals surface area contributed by atoms with Crippen LogP contribution in [0.3, 0.4) is 0 Å². The fraction of sp³-hybridized carbons (Fsp3) is 0.375. The molecule has 1 unspecified atom stereocenters. The van der Waals surface area contributed by atoms with Crippen LogP contribution in [0, 0.1) is 12.8 Å². The summed E-state index contributed by atoms with van der Waals surface area (Å²) in [5.41, 5.74) is 3.38. The number of rotatable bonds is 8. The number of nitrogens with zero attached hydrogens (tertiary/aromatic N) is 4. The zero-order valence-corrected chi connectivity index (χ0v) is 18.6. The van der Waals surface area contributed by atoms with Crippen LogP contribution in [-0.4, -0.2) is 47.4 Å². The van der Waals surface area contributed by atoms with Crippen molar-refractivity contribution in [2.24, 2.45) is 10.9 Å². The van der Waals surface area contributed by atoms with Gasteiger partial charge in [0.05, 0.1) is 13.2 Å². The van der Waals surface area contributed by atoms with Crippen molar-refractivity contribution in [2.45, 2.75) is 26.4 Å². The van der Waals surface area contributed by atoms with Crippen molar-refractivity contribution >= 4 is 5.96 Å². The van der Waals surface area contributed by atoms with Crippen molar-refractivity contribution in [2.75, 3.05) is 26.9 Å². The number of benzene rings is 1. The highest BCUT2D eigenvalue weighted by Gasteiger charge is 2.17. The molecule has 3 aromatic rings. The quantitative estimate of drug-likeness (QED) is 0.419. The highest BCUT2D eigenvalue weighted by Crippen LogP contribution is 2.22. The molecule has 2 N–H and O–H groups in total. The molecule has 0 bridgehead atoms. The number of guanidine groups is 1. The number of ether oxygens (including phenoxy) is 2. The average Bonchev–Trinajstić information content (AvgIpc) is 3.53. The molecule has 168 valence electrons. The Morgan fingerprint density at radius 2 is 2.12 bits per heavy atom. The first-order chi connectivity index (χ1) is 15.7. The van der Waals surface area contributed by atoms with Crippen molar-refractivity contribution in [3.8, 4) is 11.6 Å². The van der Waals surface area contributed by atoms with Gasteiger partial charge in [0.15, 0.2) is 5.96 Å². The second kappa shape index (κ2) is 10.8. The molecule has 0 saturated carbocycles. The molecule has 1 aliphatic heterocycles. The summed E-state index contributed by atoms with van der Waals surface area (Å²) in [6, 6.07) is 10.3. The van der Waals surface area contributed by atoms with Crippen LogP contribution in [-0.2, 0) is 17.8 Å². The monoisotopic (exact) mass is 434 g/mol. The van der Waals surface area contributed by atoms with E-state index in [1.807, 2.05) is 22.9 Å². The summed E-state index contributed by atoms with van der Waals surface area (Å²) in [6.45, 7) is 5.63. The third-order valence-corrected chi connectivity index (χ3v) is 5.43. The Balaban J connectivity index is 1.33. The highest BCUT2D eigenvalue weighted by atomic mass is 16.5. The Morgan fingerprint density at radius 1 is 1.22 bits per heavy atom. The minimum absolute atomic E-state index is 0.471. The van der Waals surface area contributed by atoms with Gasteiger partial charge in [0.1, 0.15) is 17.9 Å². The number of pyridine rings is 1. The molecule has 1 saturated heterocycles. The molecule has 0 amide bonds. The molecule has 0 aliphatic carbocycles. The lowest BCUT2D eigenvalue weighted by Crippen LogP contribution is -2.36. The van der Waals surface area contributed by atoms with Gasteiger partial charge in [-0.2, -0.15) is 0 Å². The predicted octanol–water partition coefficient (Wildman–Crippen LogP) is 2.86. The van der Waals surface area contributed by atoms with Gasteiger partial charge in [0.25, 0.3) is 0 Å². The second-order valence-corrected chi connectivity index (χ2v) is 7.92. The standard InChI is InChI=1S/C24H30N6O2/c1-18-3-4-21(22(11-18)32-16-20-6-10-31-15-20)14-29-24(25-2)28-13-19-5-7-27-23(12-19)30-9-8-26-17-30/h3-5,7-9,11-12,17,20H,6,10,13-16H2,1-2H3,(H2,25,28,29). The van der Waals surface area contributed by atoms with Gasteiger partial charge >= 0.3 is 0 Å². The van der Waals surface area contributed by atoms with E-state index in [1.54, 1.807) is 25.8 Å². The number of nitrogens with one attached hydrogen (secondary N) is 2. The maximum absolute atomic E-state index is 6.15. The van der Waals surface area contributed by atoms with Crippen molar-refractivity contribution in [3.05, 3.63) is 71.9 Å². The van der Waals surface area contributed by atoms with Crippen LogP contribution in [0.1, 0.15) is 23.1 Å². The topological polar surface area (TPSA) is 85.6 Å². The van der Waals surface area contributed by atoms with Crippen LogP contribution in [0.2, 0.25) is 0 Å². The van der Waals surface area contributed by atoms with E-state index in [2.05, 4.69) is 50.7 Å². The van der Waals surface area contributed by atoms with E-state index in [9.17, 15) is 0 Å². The Labute approximate surface area is 188 Å². The molecule has 1 fully saturated rings. The van der Waals surface area contributed by atoms with Crippen molar-refractivity contribution in [1.82, 2.24) is 25.2 Å². The van der Waals surface area contributed by atoms with Crippen LogP contribution in [0.4, 0.5) is 0 Å². The summed E-state index contributed by atoms with van der Waals surface area (Å²) in [6.07, 6.45) is 8.21. The zero-order valence-electron chi connectivity index (χ0n) is 18.6. The molecular weight excluding hydrogens is 404 g/mol. The lowest BCUT2D eigenvalue weighted by atomic mass is 10.1. The molecule has 1 aliphatic rings. The molecule has 1 aromatic carbocycles. The van der Waals surface area contributed by atoms with E-state index < -0.39 is 0 Å². The van der Waals surface area contributed by atoms with Gasteiger partial charge in [0, 0.05) is 56.8 Å². The largest absolute Gasteiger partial charge is 0.493 e. The van der Waals surface area contributed by atoms with Gasteiger partial charge in [0.2, 0.25) is 0 Å². The zero-order chi connectivity index (χ0) is 22.2. The first-order valence-electron chi connectivity index (χ1n) is 10.9. The maximum atomic E-state index is 6.15. The smallest absolute Gasteiger partial charge is 0.191 e. The molecule has 2 aromatic heterocycles. The summed E-state index contributed by atoms with van der Waals surface area (Å²) in [7, 11) is 1.77. The Kier molecular flexibility index (Phi) is 7.34. The minimum Gasteiger partial charge on any atom is -0.493 e. The van der Waals surface area contributed by atoms with Gasteiger partial charge in [-0.15, -0.1) is 0 Å². The normalized spacial score (nSPS) is 16.2. The fourth-order valence-electron chi connectivity index (χ4n) is 3.56. The van der Waals surface area contributed by atoms with Crippen molar-refractivity contribution < 1.29 is 9.47 Å². The lowest BCUT2D eigenvalue weighted by Gasteiger charge is -2.17. The predicted molar refractivity (Wildman–Crippen MR) is 124 cm³/mol. The molecule has 3 heterocycles. The summed E-state index contributed by atoms with van der Waals surface area (Å²) in [5, 5.41) is 6.75. The Bertz CT molecular complexity index is 1030. The molecular formula is C24H30N6O2. The fourth-order valence-corrected chi connectivity index (χ4v) is 3.56. The van der Waals surface area contributed by atoms with Gasteiger partial charge in [-0.1, -0.05) is 12.1 Å². The van der Waals surface area contributed by atoms with Crippen molar-refractivity contribution in [1.29, 1.82) is 0 Å². The second-order valence-electron chi connectivity index (χ2n) is 7.92. The van der Waals surface area contributed by atoms with E-state index in [1.165, 1.54) is 5.56 Å². The van der Waals surface area contributed by atoms with Crippen LogP contribution < -0.4 is 15.4 Å². The van der Waals surface area contributed by atoms with Crippen LogP contribution in [0.25, 0.3) is 5.82 Å². The summed E-state index contributed by atoms with van der Waals surface area (Å²) in [4.78, 5) is 12.8. The van der Waals surface area contributed by atoms with E-state index >= 15 is 0 Å². The summed E-state index contributed by atoms with van der Waals surface area (Å²) < 4.78 is 13.5. The molecule has 1 atom stereocenters. The molecule has 0 spiro atoms. The highest BCUT2D eigenvalue weighted by molar-refractivity contribution is 5.79. The summed E-state index contributed by atoms with van der Waals surface area (Å²) in [5.74, 6) is 2.94. The first-order valence-corrected chi connectivity index (χ1v) is 10.9. The molecule has 4 rings (SSSR count). The number of hydrogen-bond donors (Lipinski definition) is 2. The third kappa shape index (κ3) is 5.85. The minimum atomic E-state index is 0.471. The molecule has 8 nitrogen and oxygen atoms in total. The molecule has 8 heteroatoms. The van der Waals surface area contributed by atoms with Crippen molar-refractivity contribution in [3.63, 3.8) is 0 Å². The Morgan fingerprint density at radius 3 is 2.91 bits per heavy atom. The van der Waals surface area contributed by atoms with Gasteiger partial charge in [-0.25, -0.2) is 9.97 Å². The number of imidazole rings is 1. The van der Waals surface area contributed by atoms with Crippen LogP contribution in [0.5, 0.6) is 5.75 Å². The van der Waals surface area contributed by atoms with E-state index in [0.717, 1.165) is 48.3 Å². The number of aliphatic imine (C=N–C) groups is 1. The molecule has 32 heavy (non-hydrogen) atoms. The lowest BCUT2D eigenvalue weighted by molar-refractivity contribution is 0.166. The van der Waals surface area contributed by atoms with Crippen LogP contribution in [0.15, 0.2) is 60.2 Å². The average molecular weight is 435 g/mol. The number of aryl methyl sites for hydroxylation is 1.